The Morgan fingerprint density at radius 2 is 1.96 bits per heavy atom. The van der Waals surface area contributed by atoms with Crippen LogP contribution in [0.3, 0.4) is 0 Å². The van der Waals surface area contributed by atoms with Gasteiger partial charge in [-0.2, -0.15) is 5.26 Å². The molecule has 0 saturated carbocycles. The van der Waals surface area contributed by atoms with Crippen LogP contribution >= 0.6 is 0 Å². The first kappa shape index (κ1) is 17.7. The summed E-state index contributed by atoms with van der Waals surface area (Å²) in [5.74, 6) is 1.16. The molecule has 3 rings (SSSR count). The van der Waals surface area contributed by atoms with Gasteiger partial charge >= 0.3 is 6.03 Å². The highest BCUT2D eigenvalue weighted by molar-refractivity contribution is 5.88. The predicted octanol–water partition coefficient (Wildman–Crippen LogP) is 2.71. The van der Waals surface area contributed by atoms with E-state index in [4.69, 9.17) is 0 Å². The number of carbonyl (C=O) groups excluding carboxylic acids is 1. The van der Waals surface area contributed by atoms with Gasteiger partial charge in [0.05, 0.1) is 11.3 Å². The van der Waals surface area contributed by atoms with Crippen molar-refractivity contribution in [1.82, 2.24) is 14.9 Å². The maximum absolute atomic E-state index is 12.6. The molecule has 26 heavy (non-hydrogen) atoms. The molecule has 1 aromatic heterocycles. The van der Waals surface area contributed by atoms with Gasteiger partial charge < -0.3 is 9.80 Å². The molecule has 1 aliphatic rings. The summed E-state index contributed by atoms with van der Waals surface area (Å²) in [5, 5.41) is 12.2. The summed E-state index contributed by atoms with van der Waals surface area (Å²) in [6.45, 7) is 6.44. The highest BCUT2D eigenvalue weighted by Crippen LogP contribution is 2.21. The average Bonchev–Trinajstić information content (AvgIpc) is 2.87. The molecular formula is C19H22N6O. The molecule has 1 N–H and O–H groups in total. The summed E-state index contributed by atoms with van der Waals surface area (Å²) in [5.41, 5.74) is 2.42. The number of urea groups is 1. The van der Waals surface area contributed by atoms with Crippen molar-refractivity contribution in [2.45, 2.75) is 20.3 Å². The number of para-hydroxylation sites is 1. The van der Waals surface area contributed by atoms with Crippen molar-refractivity contribution in [3.05, 3.63) is 47.4 Å². The largest absolute Gasteiger partial charge is 0.369 e. The van der Waals surface area contributed by atoms with Crippen LogP contribution in [0.1, 0.15) is 23.5 Å². The van der Waals surface area contributed by atoms with Gasteiger partial charge in [-0.1, -0.05) is 12.1 Å². The number of aryl methyl sites for hydroxylation is 2. The molecule has 0 bridgehead atoms. The van der Waals surface area contributed by atoms with E-state index in [1.54, 1.807) is 17.9 Å². The van der Waals surface area contributed by atoms with Gasteiger partial charge in [0.2, 0.25) is 0 Å². The van der Waals surface area contributed by atoms with Crippen LogP contribution in [-0.4, -0.2) is 47.1 Å². The lowest BCUT2D eigenvalue weighted by atomic mass is 10.1. The van der Waals surface area contributed by atoms with Crippen molar-refractivity contribution in [2.24, 2.45) is 0 Å². The van der Waals surface area contributed by atoms with Crippen LogP contribution in [0.4, 0.5) is 16.3 Å². The minimum atomic E-state index is -0.155. The maximum atomic E-state index is 12.6. The van der Waals surface area contributed by atoms with E-state index in [2.05, 4.69) is 26.3 Å². The molecule has 7 heteroatoms. The van der Waals surface area contributed by atoms with Gasteiger partial charge in [-0.3, -0.25) is 5.32 Å². The molecule has 1 aliphatic heterocycles. The molecule has 1 saturated heterocycles. The van der Waals surface area contributed by atoms with Crippen molar-refractivity contribution >= 4 is 17.5 Å². The molecule has 2 heterocycles. The number of aromatic nitrogens is 2. The molecule has 0 aliphatic carbocycles. The van der Waals surface area contributed by atoms with Crippen molar-refractivity contribution < 1.29 is 4.79 Å². The highest BCUT2D eigenvalue weighted by atomic mass is 16.2. The van der Waals surface area contributed by atoms with Crippen LogP contribution in [0.15, 0.2) is 30.3 Å². The van der Waals surface area contributed by atoms with Crippen molar-refractivity contribution in [2.75, 3.05) is 36.4 Å². The molecular weight excluding hydrogens is 328 g/mol. The van der Waals surface area contributed by atoms with Crippen LogP contribution in [-0.2, 0) is 0 Å². The Bertz CT molecular complexity index is 824. The van der Waals surface area contributed by atoms with Gasteiger partial charge in [0.1, 0.15) is 17.7 Å². The minimum Gasteiger partial charge on any atom is -0.369 e. The topological polar surface area (TPSA) is 85.2 Å². The minimum absolute atomic E-state index is 0.155. The second-order valence-electron chi connectivity index (χ2n) is 6.33. The highest BCUT2D eigenvalue weighted by Gasteiger charge is 2.21. The van der Waals surface area contributed by atoms with Gasteiger partial charge in [-0.05, 0) is 32.4 Å². The van der Waals surface area contributed by atoms with E-state index in [0.29, 0.717) is 36.8 Å². The van der Waals surface area contributed by atoms with E-state index in [1.165, 1.54) is 0 Å². The van der Waals surface area contributed by atoms with Crippen molar-refractivity contribution in [3.8, 4) is 6.07 Å². The second kappa shape index (κ2) is 7.83. The number of amides is 2. The number of nitrogens with zero attached hydrogens (tertiary/aromatic N) is 5. The van der Waals surface area contributed by atoms with Crippen LogP contribution in [0.25, 0.3) is 0 Å². The first-order valence-corrected chi connectivity index (χ1v) is 8.69. The quantitative estimate of drug-likeness (QED) is 0.900. The number of benzene rings is 1. The Labute approximate surface area is 153 Å². The van der Waals surface area contributed by atoms with Gasteiger partial charge in [-0.25, -0.2) is 14.8 Å². The summed E-state index contributed by atoms with van der Waals surface area (Å²) < 4.78 is 0. The van der Waals surface area contributed by atoms with Gasteiger partial charge in [0.25, 0.3) is 0 Å². The summed E-state index contributed by atoms with van der Waals surface area (Å²) >= 11 is 0. The second-order valence-corrected chi connectivity index (χ2v) is 6.33. The number of rotatable bonds is 2. The Kier molecular flexibility index (Phi) is 5.32. The fourth-order valence-corrected chi connectivity index (χ4v) is 3.17. The number of hydrogen-bond donors (Lipinski definition) is 1. The molecule has 0 atom stereocenters. The van der Waals surface area contributed by atoms with E-state index < -0.39 is 0 Å². The Hall–Kier alpha value is -3.14. The number of anilines is 2. The fourth-order valence-electron chi connectivity index (χ4n) is 3.17. The zero-order chi connectivity index (χ0) is 18.5. The maximum Gasteiger partial charge on any atom is 0.323 e. The molecule has 0 radical (unpaired) electrons. The van der Waals surface area contributed by atoms with Crippen molar-refractivity contribution in [1.29, 1.82) is 5.26 Å². The Balaban J connectivity index is 1.66. The average molecular weight is 350 g/mol. The van der Waals surface area contributed by atoms with Crippen LogP contribution in [0, 0.1) is 25.2 Å². The number of nitriles is 1. The Morgan fingerprint density at radius 1 is 1.15 bits per heavy atom. The SMILES string of the molecule is Cc1cc(NC(=O)N2CCCN(c3ccccc3C#N)CC2)nc(C)n1. The zero-order valence-corrected chi connectivity index (χ0v) is 15.1. The summed E-state index contributed by atoms with van der Waals surface area (Å²) in [7, 11) is 0. The van der Waals surface area contributed by atoms with Crippen LogP contribution in [0.2, 0.25) is 0 Å². The van der Waals surface area contributed by atoms with Gasteiger partial charge in [0.15, 0.2) is 0 Å². The lowest BCUT2D eigenvalue weighted by Gasteiger charge is -2.24. The molecule has 7 nitrogen and oxygen atoms in total. The lowest BCUT2D eigenvalue weighted by molar-refractivity contribution is 0.215. The van der Waals surface area contributed by atoms with Gasteiger partial charge in [0, 0.05) is 37.9 Å². The van der Waals surface area contributed by atoms with E-state index >= 15 is 0 Å². The monoisotopic (exact) mass is 350 g/mol. The number of nitrogens with one attached hydrogen (secondary N) is 1. The molecule has 2 aromatic rings. The molecule has 0 unspecified atom stereocenters. The standard InChI is InChI=1S/C19H22N6O/c1-14-12-18(22-15(2)21-14)23-19(26)25-9-5-8-24(10-11-25)17-7-4-3-6-16(17)13-20/h3-4,6-7,12H,5,8-11H2,1-2H3,(H,21,22,23,26). The third-order valence-corrected chi connectivity index (χ3v) is 4.35. The smallest absolute Gasteiger partial charge is 0.323 e. The fraction of sp³-hybridized carbons (Fsp3) is 0.368. The summed E-state index contributed by atoms with van der Waals surface area (Å²) in [6.07, 6.45) is 0.842. The number of carbonyl (C=O) groups is 1. The van der Waals surface area contributed by atoms with Crippen LogP contribution in [0.5, 0.6) is 0 Å². The third-order valence-electron chi connectivity index (χ3n) is 4.35. The normalized spacial score (nSPS) is 14.5. The lowest BCUT2D eigenvalue weighted by Crippen LogP contribution is -2.38. The molecule has 134 valence electrons. The first-order valence-electron chi connectivity index (χ1n) is 8.69. The van der Waals surface area contributed by atoms with E-state index in [9.17, 15) is 10.1 Å². The number of hydrogen-bond acceptors (Lipinski definition) is 5. The third kappa shape index (κ3) is 4.09. The van der Waals surface area contributed by atoms with E-state index in [-0.39, 0.29) is 6.03 Å². The molecule has 2 amide bonds. The molecule has 1 fully saturated rings. The first-order chi connectivity index (χ1) is 12.6. The van der Waals surface area contributed by atoms with Gasteiger partial charge in [-0.15, -0.1) is 0 Å². The zero-order valence-electron chi connectivity index (χ0n) is 15.1. The summed E-state index contributed by atoms with van der Waals surface area (Å²) in [6, 6.07) is 11.4. The van der Waals surface area contributed by atoms with Crippen molar-refractivity contribution in [3.63, 3.8) is 0 Å². The molecule has 1 aromatic carbocycles. The van der Waals surface area contributed by atoms with E-state index in [0.717, 1.165) is 24.3 Å². The van der Waals surface area contributed by atoms with E-state index in [1.807, 2.05) is 31.2 Å². The summed E-state index contributed by atoms with van der Waals surface area (Å²) in [4.78, 5) is 25.0. The molecule has 0 spiro atoms. The van der Waals surface area contributed by atoms with Crippen LogP contribution < -0.4 is 10.2 Å². The Morgan fingerprint density at radius 3 is 2.73 bits per heavy atom. The predicted molar refractivity (Wildman–Crippen MR) is 100 cm³/mol.